The lowest BCUT2D eigenvalue weighted by Crippen LogP contribution is -2.53. The third-order valence-electron chi connectivity index (χ3n) is 14.3. The van der Waals surface area contributed by atoms with Crippen molar-refractivity contribution in [3.05, 3.63) is 251 Å². The number of fused-ring (bicyclic) bond motifs is 9. The van der Waals surface area contributed by atoms with Crippen LogP contribution in [0.25, 0.3) is 55.6 Å². The molecule has 0 unspecified atom stereocenters. The number of hydrogen-bond donors (Lipinski definition) is 0. The first-order chi connectivity index (χ1) is 50.4. The molecule has 0 saturated heterocycles. The summed E-state index contributed by atoms with van der Waals surface area (Å²) in [5, 5.41) is 0. The van der Waals surface area contributed by atoms with Gasteiger partial charge in [-0.2, -0.15) is 0 Å². The lowest BCUT2D eigenvalue weighted by molar-refractivity contribution is 0.619. The van der Waals surface area contributed by atoms with Crippen molar-refractivity contribution in [2.24, 2.45) is 0 Å². The molecule has 0 saturated carbocycles. The standard InChI is InChI=1S/C36H22B2F2.C12H8BBr.C12H6Br2F2.S12.S11.S10/c39-33-21-9-15-27(35(33)37-29-17-5-1-11-23(29)24-12-2-6-18-30(24)37)28-16-10-22-34(40)36(28)38-31-19-7-3-13-25(31)26-14-4-8-20-32(26)38;14-13-11-7-3-1-5-9(11)10-6-2-4-8-12(10)13;13-11-7(3-1-5-9(11)15)8-4-2-6-10(16)12(8)14;1-3-5-7-9-11-12-10-8-6-4-2;1-3-5-7-9-11-10-8-6-4-2;1-3-5-7-9-10-8-6-4-2/h1-22H;1-8H;1-6H;;;. The van der Waals surface area contributed by atoms with Gasteiger partial charge in [-0.15, -0.1) is 15.8 Å². The third kappa shape index (κ3) is 26.4. The fraction of sp³-hybridized carbons (Fsp3) is 0. The predicted molar refractivity (Wildman–Crippen MR) is 541 cm³/mol. The van der Waals surface area contributed by atoms with Gasteiger partial charge in [0.15, 0.2) is 0 Å². The molecule has 43 heteroatoms. The maximum atomic E-state index is 16.2. The van der Waals surface area contributed by atoms with Gasteiger partial charge in [0.05, 0.1) is 8.95 Å². The van der Waals surface area contributed by atoms with Gasteiger partial charge in [0, 0.05) is 318 Å². The van der Waals surface area contributed by atoms with Gasteiger partial charge in [0.2, 0.25) is 13.4 Å². The summed E-state index contributed by atoms with van der Waals surface area (Å²) in [6.45, 7) is -0.578. The average Bonchev–Trinajstić information content (AvgIpc) is 1.61. The summed E-state index contributed by atoms with van der Waals surface area (Å²) in [5.74, 6) is -1.30. The van der Waals surface area contributed by atoms with Gasteiger partial charge in [-0.25, -0.2) is 17.6 Å². The fourth-order valence-electron chi connectivity index (χ4n) is 10.8. The molecule has 103 heavy (non-hydrogen) atoms. The molecule has 0 amide bonds. The lowest BCUT2D eigenvalue weighted by atomic mass is 9.36. The van der Waals surface area contributed by atoms with Crippen LogP contribution in [-0.4, -0.2) is 19.0 Å². The summed E-state index contributed by atoms with van der Waals surface area (Å²) in [6.07, 6.45) is 0. The normalized spacial score (nSPS) is 10.5. The molecule has 3 aliphatic rings. The minimum atomic E-state index is -0.367. The summed E-state index contributed by atoms with van der Waals surface area (Å²) >= 11 is 38.1. The van der Waals surface area contributed by atoms with Crippen LogP contribution < -0.4 is 43.7 Å². The van der Waals surface area contributed by atoms with Crippen molar-refractivity contribution in [3.63, 3.8) is 0 Å². The van der Waals surface area contributed by atoms with Crippen molar-refractivity contribution >= 4 is 417 Å². The summed E-state index contributed by atoms with van der Waals surface area (Å²) < 4.78 is 59.7. The predicted octanol–water partition coefficient (Wildman–Crippen LogP) is 11.9. The first-order valence-corrected chi connectivity index (χ1v) is 70.4. The highest BCUT2D eigenvalue weighted by Crippen LogP contribution is 2.36. The topological polar surface area (TPSA) is 0 Å². The van der Waals surface area contributed by atoms with Crippen LogP contribution in [-0.2, 0) is 307 Å². The molecule has 0 fully saturated rings. The average molecular weight is 2160 g/mol. The van der Waals surface area contributed by atoms with Crippen molar-refractivity contribution in [1.29, 1.82) is 0 Å². The molecule has 0 radical (unpaired) electrons. The Balaban J connectivity index is 0.000000177. The quantitative estimate of drug-likeness (QED) is 0.126. The van der Waals surface area contributed by atoms with E-state index in [0.717, 1.165) is 55.2 Å². The first-order valence-electron chi connectivity index (χ1n) is 27.9. The van der Waals surface area contributed by atoms with E-state index in [2.05, 4.69) is 212 Å². The zero-order chi connectivity index (χ0) is 73.1. The second-order valence-electron chi connectivity index (χ2n) is 19.2. The lowest BCUT2D eigenvalue weighted by Gasteiger charge is -2.22. The monoisotopic (exact) mass is 2160 g/mol. The van der Waals surface area contributed by atoms with E-state index < -0.39 is 0 Å². The van der Waals surface area contributed by atoms with E-state index in [9.17, 15) is 8.78 Å². The van der Waals surface area contributed by atoms with Crippen LogP contribution >= 0.6 is 47.6 Å². The van der Waals surface area contributed by atoms with E-state index >= 15 is 8.78 Å². The Morgan fingerprint density at radius 1 is 0.214 bits per heavy atom. The largest absolute Gasteiger partial charge is 0.288 e. The smallest absolute Gasteiger partial charge is 0.208 e. The van der Waals surface area contributed by atoms with E-state index in [1.165, 1.54) is 99.6 Å². The van der Waals surface area contributed by atoms with E-state index in [1.807, 2.05) is 60.7 Å². The van der Waals surface area contributed by atoms with E-state index in [1.54, 1.807) is 223 Å². The molecule has 10 aromatic rings. The molecule has 0 bridgehead atoms. The van der Waals surface area contributed by atoms with Crippen LogP contribution in [0.5, 0.6) is 0 Å². The van der Waals surface area contributed by atoms with Crippen LogP contribution in [0.3, 0.4) is 0 Å². The highest BCUT2D eigenvalue weighted by atomic mass is 79.9. The second kappa shape index (κ2) is 50.8. The van der Waals surface area contributed by atoms with Crippen molar-refractivity contribution in [3.8, 4) is 55.6 Å². The van der Waals surface area contributed by atoms with Crippen molar-refractivity contribution in [1.82, 2.24) is 0 Å². The Bertz CT molecular complexity index is 5750. The number of hydrogen-bond acceptors (Lipinski definition) is 6. The van der Waals surface area contributed by atoms with Gasteiger partial charge in [0.1, 0.15) is 23.3 Å². The van der Waals surface area contributed by atoms with Gasteiger partial charge in [0.25, 0.3) is 5.54 Å². The molecular weight excluding hydrogens is 2130 g/mol. The molecule has 532 valence electrons. The molecule has 0 spiro atoms. The van der Waals surface area contributed by atoms with Crippen molar-refractivity contribution < 1.29 is 17.6 Å². The Morgan fingerprint density at radius 3 is 0.641 bits per heavy atom. The maximum absolute atomic E-state index is 16.2. The molecule has 0 N–H and O–H groups in total. The Hall–Kier alpha value is 0.815. The zero-order valence-corrected chi connectivity index (χ0v) is 82.3. The van der Waals surface area contributed by atoms with Crippen LogP contribution in [0.15, 0.2) is 227 Å². The van der Waals surface area contributed by atoms with Gasteiger partial charge < -0.3 is 0 Å². The van der Waals surface area contributed by atoms with Crippen LogP contribution in [0.4, 0.5) is 17.6 Å². The summed E-state index contributed by atoms with van der Waals surface area (Å²) in [4.78, 5) is 0. The summed E-state index contributed by atoms with van der Waals surface area (Å²) in [5.41, 5.74) is 18.5. The molecule has 0 nitrogen and oxygen atoms in total. The molecule has 13 rings (SSSR count). The first kappa shape index (κ1) is 89.4. The fourth-order valence-corrected chi connectivity index (χ4v) is 70.2. The molecule has 0 atom stereocenters. The Kier molecular flexibility index (Phi) is 44.1. The number of rotatable bonds is 4. The second-order valence-corrected chi connectivity index (χ2v) is 69.5. The Labute approximate surface area is 727 Å². The van der Waals surface area contributed by atoms with Gasteiger partial charge in [-0.05, 0) is 112 Å². The third-order valence-corrected chi connectivity index (χ3v) is 70.2. The molecule has 3 aliphatic heterocycles. The Morgan fingerprint density at radius 2 is 0.398 bits per heavy atom. The molecule has 3 heterocycles. The highest BCUT2D eigenvalue weighted by molar-refractivity contribution is 9.25. The van der Waals surface area contributed by atoms with Crippen LogP contribution in [0, 0.1) is 23.3 Å². The van der Waals surface area contributed by atoms with E-state index in [0.29, 0.717) is 36.5 Å². The van der Waals surface area contributed by atoms with Crippen molar-refractivity contribution in [2.75, 3.05) is 0 Å². The maximum Gasteiger partial charge on any atom is 0.288 e. The summed E-state index contributed by atoms with van der Waals surface area (Å²) in [7, 11) is 43.5. The highest BCUT2D eigenvalue weighted by Gasteiger charge is 2.40. The van der Waals surface area contributed by atoms with Crippen LogP contribution in [0.1, 0.15) is 0 Å². The van der Waals surface area contributed by atoms with E-state index in [-0.39, 0.29) is 36.7 Å². The van der Waals surface area contributed by atoms with Gasteiger partial charge in [-0.3, -0.25) is 0 Å². The molecular formula is C60H36B3Br3F4S33. The SMILES string of the molecule is BrB1c2ccccc2-c2ccccc21.Fc1cccc(-c2cccc(F)c2B2c3ccccc3-c3ccccc32)c1B1c2ccccc2-c2ccccc21.Fc1cccc(-c2cccc(F)c2Br)c1Br.S=S=S=S=S=S=S=S=S=S.S=S=S=S=S=S=S=S=S=S=S.S=S=S=S=S=S=S=S=S=S=S=S. The van der Waals surface area contributed by atoms with Crippen molar-refractivity contribution in [2.45, 2.75) is 0 Å². The number of benzene rings is 10. The molecule has 10 aromatic carbocycles. The zero-order valence-electron chi connectivity index (χ0n) is 50.6. The van der Waals surface area contributed by atoms with Gasteiger partial charge >= 0.3 is 0 Å². The van der Waals surface area contributed by atoms with E-state index in [4.69, 9.17) is 0 Å². The van der Waals surface area contributed by atoms with Crippen LogP contribution in [0.2, 0.25) is 0 Å². The summed E-state index contributed by atoms with van der Waals surface area (Å²) in [6, 6.07) is 69.9. The molecule has 0 aliphatic carbocycles. The minimum absolute atomic E-state index is 0.281. The number of halogens is 7. The van der Waals surface area contributed by atoms with Gasteiger partial charge in [-0.1, -0.05) is 227 Å². The minimum Gasteiger partial charge on any atom is -0.208 e. The molecule has 0 aromatic heterocycles.